The Kier molecular flexibility index (Phi) is 5.30. The normalized spacial score (nSPS) is 17.4. The van der Waals surface area contributed by atoms with E-state index >= 15 is 0 Å². The summed E-state index contributed by atoms with van der Waals surface area (Å²) in [6.07, 6.45) is 3.10. The molecule has 0 aliphatic heterocycles. The van der Waals surface area contributed by atoms with Crippen molar-refractivity contribution in [3.8, 4) is 0 Å². The topological polar surface area (TPSA) is 37.3 Å². The number of thiophene rings is 1. The minimum atomic E-state index is 0.135. The second-order valence-electron chi connectivity index (χ2n) is 6.55. The first kappa shape index (κ1) is 16.4. The monoisotopic (exact) mass is 331 g/mol. The van der Waals surface area contributed by atoms with Crippen molar-refractivity contribution in [2.45, 2.75) is 38.4 Å². The largest absolute Gasteiger partial charge is 0.311 e. The fourth-order valence-electron chi connectivity index (χ4n) is 3.20. The van der Waals surface area contributed by atoms with Gasteiger partial charge >= 0.3 is 0 Å². The van der Waals surface area contributed by atoms with Crippen molar-refractivity contribution in [1.29, 1.82) is 0 Å². The van der Waals surface area contributed by atoms with Gasteiger partial charge in [-0.1, -0.05) is 6.07 Å². The average Bonchev–Trinajstić information content (AvgIpc) is 3.05. The van der Waals surface area contributed by atoms with E-state index < -0.39 is 0 Å². The number of rotatable bonds is 6. The van der Waals surface area contributed by atoms with Crippen molar-refractivity contribution < 1.29 is 0 Å². The molecule has 124 valence electrons. The van der Waals surface area contributed by atoms with Gasteiger partial charge in [-0.2, -0.15) is 11.3 Å². The summed E-state index contributed by atoms with van der Waals surface area (Å²) in [5, 5.41) is 7.98. The highest BCUT2D eigenvalue weighted by molar-refractivity contribution is 7.07. The molecule has 23 heavy (non-hydrogen) atoms. The lowest BCUT2D eigenvalue weighted by Crippen LogP contribution is -2.37. The van der Waals surface area contributed by atoms with Crippen LogP contribution in [0.1, 0.15) is 23.2 Å². The molecule has 0 amide bonds. The summed E-state index contributed by atoms with van der Waals surface area (Å²) >= 11 is 1.74. The Morgan fingerprint density at radius 1 is 1.35 bits per heavy atom. The van der Waals surface area contributed by atoms with Crippen LogP contribution < -0.4 is 10.9 Å². The lowest BCUT2D eigenvalue weighted by molar-refractivity contribution is 0.370. The average molecular weight is 331 g/mol. The SMILES string of the molecule is CN(C)CCn1c2c(ccc1=O)C[C@H](NCc1ccsc1)CC2. The summed E-state index contributed by atoms with van der Waals surface area (Å²) in [6, 6.07) is 6.44. The third-order valence-corrected chi connectivity index (χ3v) is 5.26. The molecule has 2 aromatic rings. The Morgan fingerprint density at radius 3 is 2.96 bits per heavy atom. The quantitative estimate of drug-likeness (QED) is 0.881. The molecular weight excluding hydrogens is 306 g/mol. The van der Waals surface area contributed by atoms with E-state index in [1.807, 2.05) is 24.7 Å². The van der Waals surface area contributed by atoms with Crippen LogP contribution >= 0.6 is 11.3 Å². The van der Waals surface area contributed by atoms with Gasteiger partial charge in [0.15, 0.2) is 0 Å². The van der Waals surface area contributed by atoms with Gasteiger partial charge in [0.2, 0.25) is 0 Å². The lowest BCUT2D eigenvalue weighted by Gasteiger charge is -2.28. The van der Waals surface area contributed by atoms with Gasteiger partial charge in [-0.3, -0.25) is 4.79 Å². The number of nitrogens with one attached hydrogen (secondary N) is 1. The molecule has 1 N–H and O–H groups in total. The molecule has 3 rings (SSSR count). The molecule has 0 fully saturated rings. The van der Waals surface area contributed by atoms with Crippen molar-refractivity contribution in [1.82, 2.24) is 14.8 Å². The number of pyridine rings is 1. The van der Waals surface area contributed by atoms with Crippen LogP contribution in [0, 0.1) is 0 Å². The molecular formula is C18H25N3OS. The van der Waals surface area contributed by atoms with Gasteiger partial charge in [0.25, 0.3) is 5.56 Å². The van der Waals surface area contributed by atoms with Crippen LogP contribution in [0.4, 0.5) is 0 Å². The van der Waals surface area contributed by atoms with E-state index in [4.69, 9.17) is 0 Å². The fourth-order valence-corrected chi connectivity index (χ4v) is 3.87. The van der Waals surface area contributed by atoms with Gasteiger partial charge in [0, 0.05) is 37.4 Å². The summed E-state index contributed by atoms with van der Waals surface area (Å²) in [6.45, 7) is 2.61. The van der Waals surface area contributed by atoms with E-state index in [-0.39, 0.29) is 5.56 Å². The van der Waals surface area contributed by atoms with Crippen molar-refractivity contribution in [2.24, 2.45) is 0 Å². The molecule has 0 saturated carbocycles. The Bertz CT molecular complexity index is 691. The molecule has 0 saturated heterocycles. The van der Waals surface area contributed by atoms with E-state index in [9.17, 15) is 4.79 Å². The Labute approximate surface area is 141 Å². The Hall–Kier alpha value is -1.43. The fraction of sp³-hybridized carbons (Fsp3) is 0.500. The smallest absolute Gasteiger partial charge is 0.250 e. The van der Waals surface area contributed by atoms with Gasteiger partial charge in [-0.05, 0) is 61.3 Å². The van der Waals surface area contributed by atoms with Gasteiger partial charge in [-0.15, -0.1) is 0 Å². The zero-order valence-corrected chi connectivity index (χ0v) is 14.7. The maximum absolute atomic E-state index is 12.2. The van der Waals surface area contributed by atoms with Crippen LogP contribution in [0.15, 0.2) is 33.8 Å². The van der Waals surface area contributed by atoms with E-state index in [0.717, 1.165) is 38.9 Å². The number of fused-ring (bicyclic) bond motifs is 1. The molecule has 1 aliphatic rings. The zero-order chi connectivity index (χ0) is 16.2. The zero-order valence-electron chi connectivity index (χ0n) is 13.9. The van der Waals surface area contributed by atoms with Crippen LogP contribution in [0.5, 0.6) is 0 Å². The highest BCUT2D eigenvalue weighted by Gasteiger charge is 2.21. The van der Waals surface area contributed by atoms with Crippen LogP contribution in [-0.4, -0.2) is 36.1 Å². The molecule has 2 aromatic heterocycles. The van der Waals surface area contributed by atoms with E-state index in [0.29, 0.717) is 6.04 Å². The Morgan fingerprint density at radius 2 is 2.22 bits per heavy atom. The first-order valence-corrected chi connectivity index (χ1v) is 9.18. The molecule has 1 aliphatic carbocycles. The van der Waals surface area contributed by atoms with Crippen LogP contribution in [0.25, 0.3) is 0 Å². The number of aromatic nitrogens is 1. The van der Waals surface area contributed by atoms with Gasteiger partial charge < -0.3 is 14.8 Å². The third kappa shape index (κ3) is 4.10. The summed E-state index contributed by atoms with van der Waals surface area (Å²) < 4.78 is 1.98. The molecule has 0 unspecified atom stereocenters. The molecule has 0 spiro atoms. The first-order valence-electron chi connectivity index (χ1n) is 8.24. The summed E-state index contributed by atoms with van der Waals surface area (Å²) in [5.74, 6) is 0. The summed E-state index contributed by atoms with van der Waals surface area (Å²) in [7, 11) is 4.09. The van der Waals surface area contributed by atoms with Crippen molar-refractivity contribution in [2.75, 3.05) is 20.6 Å². The molecule has 0 bridgehead atoms. The molecule has 4 nitrogen and oxygen atoms in total. The summed E-state index contributed by atoms with van der Waals surface area (Å²) in [4.78, 5) is 14.3. The summed E-state index contributed by atoms with van der Waals surface area (Å²) in [5.41, 5.74) is 4.07. The Balaban J connectivity index is 1.68. The predicted molar refractivity (Wildman–Crippen MR) is 96.2 cm³/mol. The molecule has 1 atom stereocenters. The second kappa shape index (κ2) is 7.43. The number of hydrogen-bond donors (Lipinski definition) is 1. The second-order valence-corrected chi connectivity index (χ2v) is 7.33. The maximum atomic E-state index is 12.2. The maximum Gasteiger partial charge on any atom is 0.250 e. The van der Waals surface area contributed by atoms with Crippen molar-refractivity contribution in [3.05, 3.63) is 56.1 Å². The van der Waals surface area contributed by atoms with Gasteiger partial charge in [0.1, 0.15) is 0 Å². The van der Waals surface area contributed by atoms with Crippen LogP contribution in [0.2, 0.25) is 0 Å². The van der Waals surface area contributed by atoms with E-state index in [2.05, 4.69) is 27.0 Å². The number of likely N-dealkylation sites (N-methyl/N-ethyl adjacent to an activating group) is 1. The van der Waals surface area contributed by atoms with Gasteiger partial charge in [0.05, 0.1) is 0 Å². The number of nitrogens with zero attached hydrogens (tertiary/aromatic N) is 2. The third-order valence-electron chi connectivity index (χ3n) is 4.53. The minimum absolute atomic E-state index is 0.135. The standard InChI is InChI=1S/C18H25N3OS/c1-20(2)8-9-21-17-5-4-16(11-15(17)3-6-18(21)22)19-12-14-7-10-23-13-14/h3,6-7,10,13,16,19H,4-5,8-9,11-12H2,1-2H3/t16-/m1/s1. The molecule has 2 heterocycles. The molecule has 0 radical (unpaired) electrons. The van der Waals surface area contributed by atoms with Crippen LogP contribution in [-0.2, 0) is 25.9 Å². The minimum Gasteiger partial charge on any atom is -0.311 e. The number of hydrogen-bond acceptors (Lipinski definition) is 4. The first-order chi connectivity index (χ1) is 11.1. The van der Waals surface area contributed by atoms with Crippen molar-refractivity contribution in [3.63, 3.8) is 0 Å². The highest BCUT2D eigenvalue weighted by Crippen LogP contribution is 2.20. The van der Waals surface area contributed by atoms with E-state index in [1.54, 1.807) is 17.4 Å². The predicted octanol–water partition coefficient (Wildman–Crippen LogP) is 2.12. The lowest BCUT2D eigenvalue weighted by atomic mass is 9.91. The van der Waals surface area contributed by atoms with Gasteiger partial charge in [-0.25, -0.2) is 0 Å². The molecule has 5 heteroatoms. The van der Waals surface area contributed by atoms with Crippen molar-refractivity contribution >= 4 is 11.3 Å². The highest BCUT2D eigenvalue weighted by atomic mass is 32.1. The van der Waals surface area contributed by atoms with E-state index in [1.165, 1.54) is 16.8 Å². The van der Waals surface area contributed by atoms with Crippen LogP contribution in [0.3, 0.4) is 0 Å². The molecule has 0 aromatic carbocycles.